The molecule has 3 nitrogen and oxygen atoms in total. The van der Waals surface area contributed by atoms with Gasteiger partial charge >= 0.3 is 0 Å². The molecular weight excluding hydrogens is 456 g/mol. The van der Waals surface area contributed by atoms with Crippen molar-refractivity contribution in [1.82, 2.24) is 0 Å². The summed E-state index contributed by atoms with van der Waals surface area (Å²) in [7, 11) is 0. The molecule has 0 radical (unpaired) electrons. The lowest BCUT2D eigenvalue weighted by Gasteiger charge is -2.13. The molecule has 1 aromatic carbocycles. The van der Waals surface area contributed by atoms with Crippen molar-refractivity contribution in [2.45, 2.75) is 46.0 Å². The highest BCUT2D eigenvalue weighted by Gasteiger charge is 2.32. The summed E-state index contributed by atoms with van der Waals surface area (Å²) < 4.78 is 1.08. The van der Waals surface area contributed by atoms with Crippen molar-refractivity contribution in [2.75, 3.05) is 0 Å². The fraction of sp³-hybridized carbons (Fsp3) is 0.320. The molecule has 1 atom stereocenters. The minimum absolute atomic E-state index is 0.0268. The van der Waals surface area contributed by atoms with Gasteiger partial charge in [0.05, 0.1) is 3.79 Å². The zero-order chi connectivity index (χ0) is 21.7. The zero-order valence-electron chi connectivity index (χ0n) is 17.2. The Labute approximate surface area is 190 Å². The topological polar surface area (TPSA) is 64.7 Å². The van der Waals surface area contributed by atoms with E-state index in [1.807, 2.05) is 24.3 Å². The second kappa shape index (κ2) is 10.0. The maximum Gasteiger partial charge on any atom is 0.194 e. The van der Waals surface area contributed by atoms with Gasteiger partial charge in [-0.25, -0.2) is 0 Å². The van der Waals surface area contributed by atoms with E-state index in [4.69, 9.17) is 0 Å². The van der Waals surface area contributed by atoms with E-state index >= 15 is 0 Å². The van der Waals surface area contributed by atoms with Crippen LogP contribution in [0.1, 0.15) is 65.9 Å². The van der Waals surface area contributed by atoms with Crippen LogP contribution in [-0.4, -0.2) is 5.78 Å². The molecule has 1 aromatic heterocycles. The molecule has 1 aliphatic rings. The largest absolute Gasteiger partial charge is 0.289 e. The first-order chi connectivity index (χ1) is 14.5. The summed E-state index contributed by atoms with van der Waals surface area (Å²) in [5.41, 5.74) is 3.30. The normalized spacial score (nSPS) is 15.0. The lowest BCUT2D eigenvalue weighted by molar-refractivity contribution is 0.104. The summed E-state index contributed by atoms with van der Waals surface area (Å²) in [6.45, 7) is 4.45. The molecule has 0 saturated carbocycles. The molecule has 0 amide bonds. The van der Waals surface area contributed by atoms with Crippen molar-refractivity contribution in [1.29, 1.82) is 10.5 Å². The number of nitriles is 2. The van der Waals surface area contributed by atoms with Gasteiger partial charge in [0.25, 0.3) is 0 Å². The van der Waals surface area contributed by atoms with Gasteiger partial charge in [-0.05, 0) is 51.5 Å². The van der Waals surface area contributed by atoms with Crippen LogP contribution in [0, 0.1) is 28.6 Å². The van der Waals surface area contributed by atoms with Crippen molar-refractivity contribution >= 4 is 44.7 Å². The van der Waals surface area contributed by atoms with Crippen molar-refractivity contribution in [3.05, 3.63) is 66.8 Å². The molecule has 5 heteroatoms. The van der Waals surface area contributed by atoms with Crippen molar-refractivity contribution in [2.24, 2.45) is 5.92 Å². The van der Waals surface area contributed by atoms with Crippen LogP contribution >= 0.6 is 27.3 Å². The first-order valence-corrected chi connectivity index (χ1v) is 11.8. The average molecular weight is 479 g/mol. The molecular formula is C25H23BrN2OS. The van der Waals surface area contributed by atoms with Crippen LogP contribution in [0.25, 0.3) is 11.6 Å². The van der Waals surface area contributed by atoms with Gasteiger partial charge in [-0.3, -0.25) is 4.79 Å². The molecule has 2 aromatic rings. The maximum atomic E-state index is 13.1. The third kappa shape index (κ3) is 4.48. The molecule has 0 spiro atoms. The monoisotopic (exact) mass is 478 g/mol. The van der Waals surface area contributed by atoms with Crippen molar-refractivity contribution in [3.8, 4) is 12.1 Å². The van der Waals surface area contributed by atoms with Gasteiger partial charge in [-0.15, -0.1) is 11.3 Å². The van der Waals surface area contributed by atoms with Gasteiger partial charge in [0.2, 0.25) is 0 Å². The third-order valence-corrected chi connectivity index (χ3v) is 7.45. The Morgan fingerprint density at radius 2 is 1.90 bits per heavy atom. The molecule has 152 valence electrons. The first kappa shape index (κ1) is 22.2. The lowest BCUT2D eigenvalue weighted by Crippen LogP contribution is -2.02. The van der Waals surface area contributed by atoms with E-state index in [9.17, 15) is 15.3 Å². The molecule has 1 aliphatic carbocycles. The molecule has 30 heavy (non-hydrogen) atoms. The summed E-state index contributed by atoms with van der Waals surface area (Å²) in [4.78, 5) is 14.0. The van der Waals surface area contributed by atoms with E-state index in [-0.39, 0.29) is 11.4 Å². The summed E-state index contributed by atoms with van der Waals surface area (Å²) in [5.74, 6) is 0.511. The molecule has 0 N–H and O–H groups in total. The quantitative estimate of drug-likeness (QED) is 0.308. The number of unbranched alkanes of at least 4 members (excludes halogenated alkanes) is 1. The Bertz CT molecular complexity index is 1090. The van der Waals surface area contributed by atoms with Gasteiger partial charge < -0.3 is 0 Å². The Morgan fingerprint density at radius 1 is 1.20 bits per heavy atom. The number of ketones is 1. The second-order valence-corrected chi connectivity index (χ2v) is 9.88. The summed E-state index contributed by atoms with van der Waals surface area (Å²) in [5, 5.41) is 18.9. The van der Waals surface area contributed by atoms with Crippen LogP contribution in [0.3, 0.4) is 0 Å². The van der Waals surface area contributed by atoms with Crippen molar-refractivity contribution in [3.63, 3.8) is 0 Å². The maximum absolute atomic E-state index is 13.1. The molecule has 1 heterocycles. The number of carbonyl (C=O) groups excluding carboxylic acids is 1. The SMILES string of the molecule is CCCCC(CC)Cc1cc(C=C2C(=O)c3ccccc3C2=C(C#N)C#N)sc1Br. The van der Waals surface area contributed by atoms with Gasteiger partial charge in [0.1, 0.15) is 17.7 Å². The molecule has 3 rings (SSSR count). The van der Waals surface area contributed by atoms with E-state index in [1.165, 1.54) is 24.8 Å². The van der Waals surface area contributed by atoms with E-state index in [0.717, 1.165) is 21.5 Å². The van der Waals surface area contributed by atoms with Gasteiger partial charge in [-0.2, -0.15) is 10.5 Å². The fourth-order valence-corrected chi connectivity index (χ4v) is 5.58. The number of rotatable bonds is 7. The predicted molar refractivity (Wildman–Crippen MR) is 126 cm³/mol. The zero-order valence-corrected chi connectivity index (χ0v) is 19.6. The highest BCUT2D eigenvalue weighted by molar-refractivity contribution is 9.11. The van der Waals surface area contributed by atoms with Crippen LogP contribution in [0.5, 0.6) is 0 Å². The number of nitrogens with zero attached hydrogens (tertiary/aromatic N) is 2. The van der Waals surface area contributed by atoms with Crippen LogP contribution < -0.4 is 0 Å². The number of benzene rings is 1. The minimum Gasteiger partial charge on any atom is -0.289 e. The smallest absolute Gasteiger partial charge is 0.194 e. The highest BCUT2D eigenvalue weighted by Crippen LogP contribution is 2.41. The van der Waals surface area contributed by atoms with E-state index in [2.05, 4.69) is 35.8 Å². The fourth-order valence-electron chi connectivity index (χ4n) is 3.88. The second-order valence-electron chi connectivity index (χ2n) is 7.47. The van der Waals surface area contributed by atoms with E-state index < -0.39 is 0 Å². The number of hydrogen-bond acceptors (Lipinski definition) is 4. The number of allylic oxidation sites excluding steroid dienone is 3. The van der Waals surface area contributed by atoms with Crippen molar-refractivity contribution < 1.29 is 4.79 Å². The third-order valence-electron chi connectivity index (χ3n) is 5.54. The number of thiophene rings is 1. The number of fused-ring (bicyclic) bond motifs is 1. The molecule has 0 aliphatic heterocycles. The van der Waals surface area contributed by atoms with Crippen LogP contribution in [-0.2, 0) is 6.42 Å². The van der Waals surface area contributed by atoms with Gasteiger partial charge in [0, 0.05) is 21.6 Å². The Hall–Kier alpha value is -2.47. The van der Waals surface area contributed by atoms with Crippen LogP contribution in [0.4, 0.5) is 0 Å². The lowest BCUT2D eigenvalue weighted by atomic mass is 9.93. The number of halogens is 1. The number of hydrogen-bond donors (Lipinski definition) is 0. The minimum atomic E-state index is -0.135. The molecule has 0 saturated heterocycles. The van der Waals surface area contributed by atoms with E-state index in [0.29, 0.717) is 28.2 Å². The first-order valence-electron chi connectivity index (χ1n) is 10.2. The molecule has 0 fully saturated rings. The Balaban J connectivity index is 2.01. The Morgan fingerprint density at radius 3 is 2.53 bits per heavy atom. The number of carbonyl (C=O) groups is 1. The molecule has 0 bridgehead atoms. The van der Waals surface area contributed by atoms with Crippen LogP contribution in [0.15, 0.2) is 45.3 Å². The average Bonchev–Trinajstić information content (AvgIpc) is 3.24. The summed E-state index contributed by atoms with van der Waals surface area (Å²) >= 11 is 5.28. The van der Waals surface area contributed by atoms with Gasteiger partial charge in [-0.1, -0.05) is 63.8 Å². The Kier molecular flexibility index (Phi) is 7.43. The standard InChI is InChI=1S/C25H23BrN2OS/c1-3-5-8-16(4-2)11-17-12-19(30-25(17)26)13-22-23(18(14-27)15-28)20-9-6-7-10-21(20)24(22)29/h6-7,9-10,12-13,16H,3-5,8,11H2,1-2H3. The molecule has 1 unspecified atom stereocenters. The van der Waals surface area contributed by atoms with Crippen LogP contribution in [0.2, 0.25) is 0 Å². The number of Topliss-reactive ketones (excluding diaryl/α,β-unsaturated/α-hetero) is 1. The summed E-state index contributed by atoms with van der Waals surface area (Å²) in [6.07, 6.45) is 7.65. The highest BCUT2D eigenvalue weighted by atomic mass is 79.9. The van der Waals surface area contributed by atoms with Gasteiger partial charge in [0.15, 0.2) is 5.78 Å². The summed E-state index contributed by atoms with van der Waals surface area (Å²) in [6, 6.07) is 13.2. The predicted octanol–water partition coefficient (Wildman–Crippen LogP) is 7.35. The van der Waals surface area contributed by atoms with E-state index in [1.54, 1.807) is 29.5 Å².